The quantitative estimate of drug-likeness (QED) is 0.449. The second-order valence-corrected chi connectivity index (χ2v) is 1.90. The van der Waals surface area contributed by atoms with E-state index in [9.17, 15) is 34.5 Å². The van der Waals surface area contributed by atoms with Crippen molar-refractivity contribution in [2.75, 3.05) is 5.84 Å². The van der Waals surface area contributed by atoms with E-state index in [0.29, 0.717) is 0 Å². The van der Waals surface area contributed by atoms with Crippen molar-refractivity contribution in [3.8, 4) is 0 Å². The summed E-state index contributed by atoms with van der Waals surface area (Å²) >= 11 is 0. The third kappa shape index (κ3) is 70.2. The zero-order valence-corrected chi connectivity index (χ0v) is 8.71. The summed E-state index contributed by atoms with van der Waals surface area (Å²) in [7, 11) is -12.0. The summed E-state index contributed by atoms with van der Waals surface area (Å²) in [6.07, 6.45) is 2.83. The summed E-state index contributed by atoms with van der Waals surface area (Å²) in [5.74, 6) is 5.07. The van der Waals surface area contributed by atoms with E-state index in [2.05, 4.69) is 10.2 Å². The molecule has 4 nitrogen and oxygen atoms in total. The molecule has 0 atom stereocenters. The van der Waals surface area contributed by atoms with Crippen molar-refractivity contribution in [1.82, 2.24) is 14.9 Å². The van der Waals surface area contributed by atoms with E-state index in [0.717, 1.165) is 0 Å². The molecular weight excluding hydrogens is 310 g/mol. The Morgan fingerprint density at radius 2 is 0.941 bits per heavy atom. The fourth-order valence-electron chi connectivity index (χ4n) is 0.209. The second-order valence-electron chi connectivity index (χ2n) is 1.90. The molecule has 0 aliphatic heterocycles. The standard InChI is InChI=1S/C2H4N4.2BF4.Fe/c3-6-1-4-5-2-6;2*2-1(3,4)5;/h1-2H,3H2;;;/q;2*-1;+2. The summed E-state index contributed by atoms with van der Waals surface area (Å²) < 4.78 is 79.3. The average molecular weight is 314 g/mol. The molecule has 102 valence electrons. The molecule has 0 amide bonds. The van der Waals surface area contributed by atoms with Crippen LogP contribution >= 0.6 is 0 Å². The number of nitrogen functional groups attached to an aromatic ring is 1. The maximum absolute atomic E-state index is 9.75. The van der Waals surface area contributed by atoms with Crippen LogP contribution in [0.4, 0.5) is 34.5 Å². The summed E-state index contributed by atoms with van der Waals surface area (Å²) in [6.45, 7) is 0. The maximum Gasteiger partial charge on any atom is 2.00 e. The van der Waals surface area contributed by atoms with Crippen LogP contribution in [0.2, 0.25) is 0 Å². The molecule has 0 fully saturated rings. The minimum Gasteiger partial charge on any atom is -0.418 e. The van der Waals surface area contributed by atoms with E-state index in [-0.39, 0.29) is 17.1 Å². The third-order valence-electron chi connectivity index (χ3n) is 0.437. The van der Waals surface area contributed by atoms with Crippen LogP contribution in [-0.4, -0.2) is 29.4 Å². The van der Waals surface area contributed by atoms with Gasteiger partial charge in [-0.25, -0.2) is 4.68 Å². The summed E-state index contributed by atoms with van der Waals surface area (Å²) in [4.78, 5) is 0. The Labute approximate surface area is 100 Å². The normalized spacial score (nSPS) is 10.1. The summed E-state index contributed by atoms with van der Waals surface area (Å²) in [5.41, 5.74) is 0. The van der Waals surface area contributed by atoms with Gasteiger partial charge in [0.2, 0.25) is 0 Å². The molecule has 15 heteroatoms. The number of hydrogen-bond acceptors (Lipinski definition) is 3. The Balaban J connectivity index is -0.000000170. The summed E-state index contributed by atoms with van der Waals surface area (Å²) in [6, 6.07) is 0. The van der Waals surface area contributed by atoms with Gasteiger partial charge in [0.25, 0.3) is 0 Å². The third-order valence-corrected chi connectivity index (χ3v) is 0.437. The van der Waals surface area contributed by atoms with Crippen molar-refractivity contribution in [2.24, 2.45) is 0 Å². The van der Waals surface area contributed by atoms with E-state index >= 15 is 0 Å². The zero-order chi connectivity index (χ0) is 13.4. The van der Waals surface area contributed by atoms with Gasteiger partial charge in [0.05, 0.1) is 0 Å². The monoisotopic (exact) mass is 314 g/mol. The molecule has 0 saturated heterocycles. The van der Waals surface area contributed by atoms with Crippen molar-refractivity contribution in [3.05, 3.63) is 12.7 Å². The minimum atomic E-state index is -6.00. The van der Waals surface area contributed by atoms with Gasteiger partial charge in [-0.2, -0.15) is 0 Å². The van der Waals surface area contributed by atoms with Gasteiger partial charge in [-0.05, 0) is 0 Å². The van der Waals surface area contributed by atoms with Crippen molar-refractivity contribution >= 4 is 14.5 Å². The molecule has 0 radical (unpaired) electrons. The number of nitrogens with two attached hydrogens (primary N) is 1. The Kier molecular flexibility index (Phi) is 11.4. The second kappa shape index (κ2) is 9.10. The maximum atomic E-state index is 9.75. The Morgan fingerprint density at radius 1 is 0.765 bits per heavy atom. The van der Waals surface area contributed by atoms with Gasteiger partial charge in [-0.3, -0.25) is 0 Å². The summed E-state index contributed by atoms with van der Waals surface area (Å²) in [5, 5.41) is 6.82. The van der Waals surface area contributed by atoms with Crippen molar-refractivity contribution < 1.29 is 51.6 Å². The fraction of sp³-hybridized carbons (Fsp3) is 0. The van der Waals surface area contributed by atoms with Crippen LogP contribution in [0.3, 0.4) is 0 Å². The minimum absolute atomic E-state index is 0. The van der Waals surface area contributed by atoms with Crippen LogP contribution < -0.4 is 5.84 Å². The Bertz CT molecular complexity index is 235. The van der Waals surface area contributed by atoms with Crippen LogP contribution in [0, 0.1) is 0 Å². The van der Waals surface area contributed by atoms with Gasteiger partial charge in [0.15, 0.2) is 0 Å². The molecule has 0 saturated carbocycles. The average Bonchev–Trinajstić information content (AvgIpc) is 2.30. The molecule has 17 heavy (non-hydrogen) atoms. The first-order valence-electron chi connectivity index (χ1n) is 3.24. The predicted octanol–water partition coefficient (Wildman–Crippen LogP) is 1.59. The largest absolute Gasteiger partial charge is 2.00 e. The van der Waals surface area contributed by atoms with Gasteiger partial charge in [0, 0.05) is 0 Å². The van der Waals surface area contributed by atoms with Gasteiger partial charge in [0.1, 0.15) is 12.7 Å². The van der Waals surface area contributed by atoms with Crippen LogP contribution in [0.5, 0.6) is 0 Å². The molecule has 0 aliphatic carbocycles. The van der Waals surface area contributed by atoms with Gasteiger partial charge >= 0.3 is 31.6 Å². The molecule has 1 aromatic rings. The molecule has 0 aliphatic rings. The molecule has 0 bridgehead atoms. The number of halogens is 8. The number of aromatic nitrogens is 3. The number of nitrogens with zero attached hydrogens (tertiary/aromatic N) is 3. The Morgan fingerprint density at radius 3 is 1.00 bits per heavy atom. The molecular formula is C2H4B2F8FeN4. The zero-order valence-electron chi connectivity index (χ0n) is 7.61. The van der Waals surface area contributed by atoms with Crippen LogP contribution in [0.25, 0.3) is 0 Å². The van der Waals surface area contributed by atoms with Gasteiger partial charge < -0.3 is 40.4 Å². The van der Waals surface area contributed by atoms with Crippen molar-refractivity contribution in [2.45, 2.75) is 0 Å². The van der Waals surface area contributed by atoms with Crippen LogP contribution in [0.1, 0.15) is 0 Å². The van der Waals surface area contributed by atoms with Crippen LogP contribution in [-0.2, 0) is 17.1 Å². The van der Waals surface area contributed by atoms with E-state index in [1.807, 2.05) is 0 Å². The SMILES string of the molecule is F[B-](F)(F)F.F[B-](F)(F)F.Nn1cnnc1.[Fe+2]. The number of hydrogen-bond donors (Lipinski definition) is 1. The smallest absolute Gasteiger partial charge is 0.418 e. The first-order valence-corrected chi connectivity index (χ1v) is 3.24. The molecule has 0 unspecified atom stereocenters. The Hall–Kier alpha value is -0.971. The number of rotatable bonds is 0. The van der Waals surface area contributed by atoms with E-state index in [1.54, 1.807) is 0 Å². The molecule has 0 aromatic carbocycles. The predicted molar refractivity (Wildman–Crippen MR) is 40.5 cm³/mol. The van der Waals surface area contributed by atoms with Crippen molar-refractivity contribution in [3.63, 3.8) is 0 Å². The molecule has 1 heterocycles. The van der Waals surface area contributed by atoms with E-state index in [4.69, 9.17) is 5.84 Å². The first-order chi connectivity index (χ1) is 6.89. The van der Waals surface area contributed by atoms with E-state index < -0.39 is 14.5 Å². The van der Waals surface area contributed by atoms with E-state index in [1.165, 1.54) is 17.3 Å². The molecule has 0 spiro atoms. The first kappa shape index (κ1) is 21.3. The molecule has 1 rings (SSSR count). The van der Waals surface area contributed by atoms with Gasteiger partial charge in [-0.15, -0.1) is 10.2 Å². The van der Waals surface area contributed by atoms with Crippen molar-refractivity contribution in [1.29, 1.82) is 0 Å². The molecule has 1 aromatic heterocycles. The fourth-order valence-corrected chi connectivity index (χ4v) is 0.209. The van der Waals surface area contributed by atoms with Gasteiger partial charge in [-0.1, -0.05) is 0 Å². The molecule has 2 N–H and O–H groups in total. The topological polar surface area (TPSA) is 56.7 Å². The van der Waals surface area contributed by atoms with Crippen LogP contribution in [0.15, 0.2) is 12.7 Å².